The summed E-state index contributed by atoms with van der Waals surface area (Å²) in [5.74, 6) is -0.0917. The number of amides is 2. The second-order valence-electron chi connectivity index (χ2n) is 7.38. The van der Waals surface area contributed by atoms with Crippen LogP contribution in [0.4, 0.5) is 0 Å². The molecule has 6 N–H and O–H groups in total. The van der Waals surface area contributed by atoms with Gasteiger partial charge < -0.3 is 26.8 Å². The van der Waals surface area contributed by atoms with E-state index in [1.807, 2.05) is 44.2 Å². The van der Waals surface area contributed by atoms with Crippen molar-refractivity contribution >= 4 is 17.8 Å². The first-order chi connectivity index (χ1) is 13.4. The van der Waals surface area contributed by atoms with Gasteiger partial charge >= 0.3 is 0 Å². The van der Waals surface area contributed by atoms with Crippen LogP contribution in [0.25, 0.3) is 0 Å². The largest absolute Gasteiger partial charge is 0.370 e. The fraction of sp³-hybridized carbons (Fsp3) is 0.550. The first-order valence-corrected chi connectivity index (χ1v) is 9.72. The topological polar surface area (TPSA) is 135 Å². The summed E-state index contributed by atoms with van der Waals surface area (Å²) in [6.07, 6.45) is 1.32. The molecule has 1 aliphatic rings. The summed E-state index contributed by atoms with van der Waals surface area (Å²) in [6.45, 7) is 5.07. The molecular formula is C20H31N5O3. The Morgan fingerprint density at radius 3 is 2.54 bits per heavy atom. The maximum Gasteiger partial charge on any atom is 0.252 e. The minimum absolute atomic E-state index is 0.0693. The molecule has 8 heteroatoms. The molecule has 1 aromatic rings. The minimum Gasteiger partial charge on any atom is -0.370 e. The SMILES string of the molecule is CC(C)CC(NC(=O)C1OC1c1ccccc1)C(=O)NCCCCN=C(N)N. The number of nitrogens with one attached hydrogen (secondary N) is 2. The van der Waals surface area contributed by atoms with Crippen molar-refractivity contribution in [1.29, 1.82) is 0 Å². The normalized spacial score (nSPS) is 19.0. The summed E-state index contributed by atoms with van der Waals surface area (Å²) in [6, 6.07) is 9.02. The molecule has 28 heavy (non-hydrogen) atoms. The van der Waals surface area contributed by atoms with E-state index in [0.717, 1.165) is 18.4 Å². The van der Waals surface area contributed by atoms with Crippen LogP contribution in [0.2, 0.25) is 0 Å². The number of benzene rings is 1. The van der Waals surface area contributed by atoms with Crippen LogP contribution in [-0.2, 0) is 14.3 Å². The van der Waals surface area contributed by atoms with Crippen molar-refractivity contribution in [3.05, 3.63) is 35.9 Å². The van der Waals surface area contributed by atoms with Gasteiger partial charge in [-0.1, -0.05) is 44.2 Å². The van der Waals surface area contributed by atoms with E-state index in [9.17, 15) is 9.59 Å². The monoisotopic (exact) mass is 389 g/mol. The van der Waals surface area contributed by atoms with Crippen LogP contribution in [-0.4, -0.2) is 43.0 Å². The lowest BCUT2D eigenvalue weighted by atomic mass is 10.0. The van der Waals surface area contributed by atoms with Gasteiger partial charge in [-0.05, 0) is 30.7 Å². The Balaban J connectivity index is 1.79. The zero-order valence-electron chi connectivity index (χ0n) is 16.6. The van der Waals surface area contributed by atoms with Gasteiger partial charge in [-0.2, -0.15) is 0 Å². The van der Waals surface area contributed by atoms with Gasteiger partial charge in [-0.15, -0.1) is 0 Å². The Labute approximate surface area is 166 Å². The van der Waals surface area contributed by atoms with Crippen LogP contribution in [0.3, 0.4) is 0 Å². The molecule has 2 rings (SSSR count). The van der Waals surface area contributed by atoms with Gasteiger partial charge in [0.2, 0.25) is 5.91 Å². The lowest BCUT2D eigenvalue weighted by Crippen LogP contribution is -2.48. The molecule has 3 unspecified atom stereocenters. The number of ether oxygens (including phenoxy) is 1. The Hall–Kier alpha value is -2.61. The molecule has 0 saturated carbocycles. The fourth-order valence-electron chi connectivity index (χ4n) is 2.94. The number of rotatable bonds is 11. The van der Waals surface area contributed by atoms with Gasteiger partial charge in [0.05, 0.1) is 0 Å². The summed E-state index contributed by atoms with van der Waals surface area (Å²) in [5, 5.41) is 5.72. The maximum atomic E-state index is 12.5. The molecule has 0 aliphatic carbocycles. The number of nitrogens with zero attached hydrogens (tertiary/aromatic N) is 1. The maximum absolute atomic E-state index is 12.5. The zero-order valence-corrected chi connectivity index (χ0v) is 16.6. The molecule has 0 aromatic heterocycles. The lowest BCUT2D eigenvalue weighted by molar-refractivity contribution is -0.130. The number of nitrogens with two attached hydrogens (primary N) is 2. The van der Waals surface area contributed by atoms with Gasteiger partial charge in [0.1, 0.15) is 12.1 Å². The molecular weight excluding hydrogens is 358 g/mol. The predicted octanol–water partition coefficient (Wildman–Crippen LogP) is 0.827. The van der Waals surface area contributed by atoms with Crippen molar-refractivity contribution in [3.63, 3.8) is 0 Å². The highest BCUT2D eigenvalue weighted by Gasteiger charge is 2.46. The lowest BCUT2D eigenvalue weighted by Gasteiger charge is -2.20. The first-order valence-electron chi connectivity index (χ1n) is 9.72. The van der Waals surface area contributed by atoms with Gasteiger partial charge in [0.15, 0.2) is 12.1 Å². The van der Waals surface area contributed by atoms with Crippen molar-refractivity contribution < 1.29 is 14.3 Å². The van der Waals surface area contributed by atoms with E-state index < -0.39 is 12.1 Å². The third-order valence-electron chi connectivity index (χ3n) is 4.40. The molecule has 2 amide bonds. The second-order valence-corrected chi connectivity index (χ2v) is 7.38. The van der Waals surface area contributed by atoms with E-state index in [-0.39, 0.29) is 29.8 Å². The molecule has 0 spiro atoms. The highest BCUT2D eigenvalue weighted by molar-refractivity contribution is 5.90. The number of hydrogen-bond acceptors (Lipinski definition) is 4. The fourth-order valence-corrected chi connectivity index (χ4v) is 2.94. The molecule has 154 valence electrons. The third kappa shape index (κ3) is 7.19. The molecule has 3 atom stereocenters. The highest BCUT2D eigenvalue weighted by Crippen LogP contribution is 2.38. The van der Waals surface area contributed by atoms with Crippen molar-refractivity contribution in [3.8, 4) is 0 Å². The summed E-state index contributed by atoms with van der Waals surface area (Å²) < 4.78 is 5.52. The van der Waals surface area contributed by atoms with E-state index in [2.05, 4.69) is 15.6 Å². The van der Waals surface area contributed by atoms with E-state index in [4.69, 9.17) is 16.2 Å². The Morgan fingerprint density at radius 2 is 1.89 bits per heavy atom. The van der Waals surface area contributed by atoms with Crippen LogP contribution in [0, 0.1) is 5.92 Å². The number of carbonyl (C=O) groups is 2. The van der Waals surface area contributed by atoms with E-state index in [0.29, 0.717) is 19.5 Å². The first kappa shape index (κ1) is 21.7. The summed E-state index contributed by atoms with van der Waals surface area (Å²) in [7, 11) is 0. The molecule has 1 heterocycles. The molecule has 0 bridgehead atoms. The molecule has 1 aromatic carbocycles. The quantitative estimate of drug-likeness (QED) is 0.192. The molecule has 1 fully saturated rings. The Kier molecular flexibility index (Phi) is 8.25. The number of epoxide rings is 1. The van der Waals surface area contributed by atoms with Crippen molar-refractivity contribution in [2.75, 3.05) is 13.1 Å². The number of carbonyl (C=O) groups excluding carboxylic acids is 2. The summed E-state index contributed by atoms with van der Waals surface area (Å²) in [5.41, 5.74) is 11.5. The average molecular weight is 390 g/mol. The summed E-state index contributed by atoms with van der Waals surface area (Å²) in [4.78, 5) is 28.9. The smallest absolute Gasteiger partial charge is 0.252 e. The molecule has 1 aliphatic heterocycles. The molecule has 8 nitrogen and oxygen atoms in total. The van der Waals surface area contributed by atoms with Crippen molar-refractivity contribution in [2.45, 2.75) is 51.4 Å². The average Bonchev–Trinajstić information content (AvgIpc) is 3.45. The zero-order chi connectivity index (χ0) is 20.5. The van der Waals surface area contributed by atoms with Gasteiger partial charge in [0.25, 0.3) is 5.91 Å². The van der Waals surface area contributed by atoms with E-state index >= 15 is 0 Å². The predicted molar refractivity (Wildman–Crippen MR) is 108 cm³/mol. The van der Waals surface area contributed by atoms with Gasteiger partial charge in [-0.3, -0.25) is 14.6 Å². The number of hydrogen-bond donors (Lipinski definition) is 4. The Bertz CT molecular complexity index is 674. The standard InChI is InChI=1S/C20H31N5O3/c1-13(2)12-15(18(26)23-10-6-7-11-24-20(21)22)25-19(27)17-16(28-17)14-8-4-3-5-9-14/h3-5,8-9,13,15-17H,6-7,10-12H2,1-2H3,(H,23,26)(H,25,27)(H4,21,22,24). The van der Waals surface area contributed by atoms with Gasteiger partial charge in [0, 0.05) is 13.1 Å². The Morgan fingerprint density at radius 1 is 1.18 bits per heavy atom. The number of unbranched alkanes of at least 4 members (excludes halogenated alkanes) is 1. The highest BCUT2D eigenvalue weighted by atomic mass is 16.6. The molecule has 0 radical (unpaired) electrons. The van der Waals surface area contributed by atoms with Crippen LogP contribution in [0.1, 0.15) is 44.8 Å². The van der Waals surface area contributed by atoms with Crippen LogP contribution < -0.4 is 22.1 Å². The minimum atomic E-state index is -0.578. The van der Waals surface area contributed by atoms with Crippen LogP contribution in [0.5, 0.6) is 0 Å². The number of aliphatic imine (C=N–C) groups is 1. The van der Waals surface area contributed by atoms with E-state index in [1.54, 1.807) is 0 Å². The summed E-state index contributed by atoms with van der Waals surface area (Å²) >= 11 is 0. The molecule has 1 saturated heterocycles. The van der Waals surface area contributed by atoms with E-state index in [1.165, 1.54) is 0 Å². The van der Waals surface area contributed by atoms with Crippen molar-refractivity contribution in [1.82, 2.24) is 10.6 Å². The number of guanidine groups is 1. The van der Waals surface area contributed by atoms with Crippen LogP contribution >= 0.6 is 0 Å². The van der Waals surface area contributed by atoms with Crippen molar-refractivity contribution in [2.24, 2.45) is 22.4 Å². The second kappa shape index (κ2) is 10.7. The third-order valence-corrected chi connectivity index (χ3v) is 4.40. The van der Waals surface area contributed by atoms with Crippen LogP contribution in [0.15, 0.2) is 35.3 Å². The van der Waals surface area contributed by atoms with Gasteiger partial charge in [-0.25, -0.2) is 0 Å².